The highest BCUT2D eigenvalue weighted by Gasteiger charge is 1.88. The van der Waals surface area contributed by atoms with Crippen molar-refractivity contribution in [2.24, 2.45) is 0 Å². The molecule has 0 aromatic rings. The standard InChI is InChI=1S/C10H14O3/c1-3-5-11-7-9-13-10-8-12-6-4-2/h1-2H,5-10H2. The Bertz CT molecular complexity index is 156. The molecule has 0 rings (SSSR count). The van der Waals surface area contributed by atoms with Crippen LogP contribution >= 0.6 is 0 Å². The zero-order chi connectivity index (χ0) is 9.78. The fourth-order valence-corrected chi connectivity index (χ4v) is 0.600. The second-order valence-electron chi connectivity index (χ2n) is 2.13. The van der Waals surface area contributed by atoms with Gasteiger partial charge in [0.2, 0.25) is 0 Å². The predicted molar refractivity (Wildman–Crippen MR) is 50.1 cm³/mol. The molecule has 0 heterocycles. The van der Waals surface area contributed by atoms with Crippen LogP contribution < -0.4 is 0 Å². The molecule has 0 spiro atoms. The highest BCUT2D eigenvalue weighted by atomic mass is 16.5. The Morgan fingerprint density at radius 2 is 1.08 bits per heavy atom. The first kappa shape index (κ1) is 12.0. The molecule has 0 unspecified atom stereocenters. The molecule has 0 radical (unpaired) electrons. The summed E-state index contributed by atoms with van der Waals surface area (Å²) in [6.07, 6.45) is 9.94. The molecule has 0 atom stereocenters. The Hall–Kier alpha value is -1.00. The lowest BCUT2D eigenvalue weighted by molar-refractivity contribution is 0.0270. The Morgan fingerprint density at radius 1 is 0.692 bits per heavy atom. The summed E-state index contributed by atoms with van der Waals surface area (Å²) in [5, 5.41) is 0. The maximum Gasteiger partial charge on any atom is 0.107 e. The number of rotatable bonds is 8. The molecule has 13 heavy (non-hydrogen) atoms. The molecule has 0 aromatic carbocycles. The summed E-state index contributed by atoms with van der Waals surface area (Å²) in [6.45, 7) is 2.74. The Balaban J connectivity index is 2.85. The summed E-state index contributed by atoms with van der Waals surface area (Å²) in [6, 6.07) is 0. The monoisotopic (exact) mass is 182 g/mol. The molecule has 72 valence electrons. The summed E-state index contributed by atoms with van der Waals surface area (Å²) in [7, 11) is 0. The molecule has 0 bridgehead atoms. The average Bonchev–Trinajstić information content (AvgIpc) is 2.16. The third-order valence-electron chi connectivity index (χ3n) is 1.11. The summed E-state index contributed by atoms with van der Waals surface area (Å²) < 4.78 is 15.1. The molecule has 0 saturated carbocycles. The van der Waals surface area contributed by atoms with Gasteiger partial charge in [-0.1, -0.05) is 11.8 Å². The van der Waals surface area contributed by atoms with Crippen LogP contribution in [0.15, 0.2) is 0 Å². The van der Waals surface area contributed by atoms with E-state index in [1.165, 1.54) is 0 Å². The highest BCUT2D eigenvalue weighted by Crippen LogP contribution is 1.79. The van der Waals surface area contributed by atoms with Gasteiger partial charge in [-0.25, -0.2) is 0 Å². The second-order valence-corrected chi connectivity index (χ2v) is 2.13. The molecule has 0 aliphatic rings. The summed E-state index contributed by atoms with van der Waals surface area (Å²) in [5.41, 5.74) is 0. The number of hydrogen-bond donors (Lipinski definition) is 0. The van der Waals surface area contributed by atoms with Crippen LogP contribution in [-0.2, 0) is 14.2 Å². The van der Waals surface area contributed by atoms with Crippen LogP contribution in [0.2, 0.25) is 0 Å². The largest absolute Gasteiger partial charge is 0.377 e. The summed E-state index contributed by atoms with van der Waals surface area (Å²) in [4.78, 5) is 0. The molecule has 0 aliphatic carbocycles. The van der Waals surface area contributed by atoms with Gasteiger partial charge in [-0.15, -0.1) is 12.8 Å². The van der Waals surface area contributed by atoms with E-state index in [1.807, 2.05) is 0 Å². The van der Waals surface area contributed by atoms with Gasteiger partial charge in [0.05, 0.1) is 26.4 Å². The highest BCUT2D eigenvalue weighted by molar-refractivity contribution is 4.83. The minimum atomic E-state index is 0.330. The van der Waals surface area contributed by atoms with E-state index in [-0.39, 0.29) is 0 Å². The van der Waals surface area contributed by atoms with Crippen LogP contribution in [0.25, 0.3) is 0 Å². The quantitative estimate of drug-likeness (QED) is 0.399. The van der Waals surface area contributed by atoms with Gasteiger partial charge in [0.25, 0.3) is 0 Å². The van der Waals surface area contributed by atoms with Gasteiger partial charge in [0.1, 0.15) is 13.2 Å². The maximum atomic E-state index is 5.14. The van der Waals surface area contributed by atoms with E-state index < -0.39 is 0 Å². The van der Waals surface area contributed by atoms with E-state index in [0.717, 1.165) is 0 Å². The van der Waals surface area contributed by atoms with Crippen molar-refractivity contribution in [2.75, 3.05) is 39.6 Å². The van der Waals surface area contributed by atoms with Crippen LogP contribution in [0.4, 0.5) is 0 Å². The number of hydrogen-bond acceptors (Lipinski definition) is 3. The molecule has 3 heteroatoms. The first-order chi connectivity index (χ1) is 6.41. The molecule has 0 amide bonds. The van der Waals surface area contributed by atoms with Gasteiger partial charge < -0.3 is 14.2 Å². The molecule has 0 aliphatic heterocycles. The molecule has 3 nitrogen and oxygen atoms in total. The lowest BCUT2D eigenvalue weighted by atomic mass is 10.7. The number of ether oxygens (including phenoxy) is 3. The summed E-state index contributed by atoms with van der Waals surface area (Å²) in [5.74, 6) is 4.72. The van der Waals surface area contributed by atoms with E-state index in [1.54, 1.807) is 0 Å². The Labute approximate surface area is 79.4 Å². The fourth-order valence-electron chi connectivity index (χ4n) is 0.600. The Morgan fingerprint density at radius 3 is 1.46 bits per heavy atom. The van der Waals surface area contributed by atoms with E-state index in [4.69, 9.17) is 27.1 Å². The van der Waals surface area contributed by atoms with Crippen molar-refractivity contribution in [3.63, 3.8) is 0 Å². The van der Waals surface area contributed by atoms with Gasteiger partial charge in [0, 0.05) is 0 Å². The third kappa shape index (κ3) is 11.0. The van der Waals surface area contributed by atoms with E-state index in [0.29, 0.717) is 39.6 Å². The third-order valence-corrected chi connectivity index (χ3v) is 1.11. The van der Waals surface area contributed by atoms with Crippen molar-refractivity contribution in [1.29, 1.82) is 0 Å². The first-order valence-electron chi connectivity index (χ1n) is 4.02. The normalized spacial score (nSPS) is 9.08. The molecule has 0 aromatic heterocycles. The van der Waals surface area contributed by atoms with E-state index >= 15 is 0 Å². The minimum absolute atomic E-state index is 0.330. The molecule has 0 N–H and O–H groups in total. The van der Waals surface area contributed by atoms with Crippen molar-refractivity contribution in [3.8, 4) is 24.7 Å². The predicted octanol–water partition coefficient (Wildman–Crippen LogP) is 0.303. The zero-order valence-corrected chi connectivity index (χ0v) is 7.62. The van der Waals surface area contributed by atoms with Gasteiger partial charge in [-0.3, -0.25) is 0 Å². The topological polar surface area (TPSA) is 27.7 Å². The zero-order valence-electron chi connectivity index (χ0n) is 7.62. The van der Waals surface area contributed by atoms with Gasteiger partial charge in [0.15, 0.2) is 0 Å². The molecule has 0 fully saturated rings. The van der Waals surface area contributed by atoms with Crippen molar-refractivity contribution in [1.82, 2.24) is 0 Å². The fraction of sp³-hybridized carbons (Fsp3) is 0.600. The SMILES string of the molecule is C#CCOCCOCCOCC#C. The smallest absolute Gasteiger partial charge is 0.107 e. The first-order valence-corrected chi connectivity index (χ1v) is 4.02. The number of terminal acetylenes is 2. The summed E-state index contributed by atoms with van der Waals surface area (Å²) >= 11 is 0. The molecular formula is C10H14O3. The van der Waals surface area contributed by atoms with Crippen LogP contribution in [0.1, 0.15) is 0 Å². The van der Waals surface area contributed by atoms with Crippen molar-refractivity contribution in [3.05, 3.63) is 0 Å². The lowest BCUT2D eigenvalue weighted by Crippen LogP contribution is -2.09. The minimum Gasteiger partial charge on any atom is -0.377 e. The molecular weight excluding hydrogens is 168 g/mol. The van der Waals surface area contributed by atoms with Gasteiger partial charge in [-0.05, 0) is 0 Å². The average molecular weight is 182 g/mol. The van der Waals surface area contributed by atoms with Crippen LogP contribution in [0.5, 0.6) is 0 Å². The van der Waals surface area contributed by atoms with Crippen LogP contribution in [-0.4, -0.2) is 39.6 Å². The molecule has 0 saturated heterocycles. The van der Waals surface area contributed by atoms with E-state index in [2.05, 4.69) is 11.8 Å². The van der Waals surface area contributed by atoms with Crippen molar-refractivity contribution < 1.29 is 14.2 Å². The second kappa shape index (κ2) is 11.0. The maximum absolute atomic E-state index is 5.14. The van der Waals surface area contributed by atoms with Gasteiger partial charge in [-0.2, -0.15) is 0 Å². The van der Waals surface area contributed by atoms with Crippen LogP contribution in [0.3, 0.4) is 0 Å². The Kier molecular flexibility index (Phi) is 10.2. The van der Waals surface area contributed by atoms with E-state index in [9.17, 15) is 0 Å². The van der Waals surface area contributed by atoms with Crippen LogP contribution in [0, 0.1) is 24.7 Å². The van der Waals surface area contributed by atoms with Crippen molar-refractivity contribution >= 4 is 0 Å². The van der Waals surface area contributed by atoms with Crippen molar-refractivity contribution in [2.45, 2.75) is 0 Å². The lowest BCUT2D eigenvalue weighted by Gasteiger charge is -2.03. The van der Waals surface area contributed by atoms with Gasteiger partial charge >= 0.3 is 0 Å².